The zero-order valence-corrected chi connectivity index (χ0v) is 11.9. The lowest BCUT2D eigenvalue weighted by molar-refractivity contribution is -0.384. The lowest BCUT2D eigenvalue weighted by Crippen LogP contribution is -2.44. The topological polar surface area (TPSA) is 49.6 Å². The first kappa shape index (κ1) is 13.4. The number of hydrogen-bond acceptors (Lipinski definition) is 4. The summed E-state index contributed by atoms with van der Waals surface area (Å²) < 4.78 is 0. The number of non-ortho nitro benzene ring substituents is 1. The van der Waals surface area contributed by atoms with Crippen molar-refractivity contribution in [1.82, 2.24) is 4.90 Å². The van der Waals surface area contributed by atoms with Crippen molar-refractivity contribution in [2.75, 3.05) is 25.0 Å². The van der Waals surface area contributed by atoms with Gasteiger partial charge in [-0.25, -0.2) is 0 Å². The summed E-state index contributed by atoms with van der Waals surface area (Å²) in [7, 11) is 2.24. The van der Waals surface area contributed by atoms with Crippen LogP contribution in [-0.4, -0.2) is 42.0 Å². The average Bonchev–Trinajstić information content (AvgIpc) is 3.31. The molecule has 2 fully saturated rings. The zero-order chi connectivity index (χ0) is 14.1. The van der Waals surface area contributed by atoms with E-state index in [1.165, 1.54) is 12.8 Å². The number of anilines is 1. The third kappa shape index (κ3) is 2.77. The summed E-state index contributed by atoms with van der Waals surface area (Å²) in [5.41, 5.74) is 1.16. The van der Waals surface area contributed by atoms with Gasteiger partial charge in [0.1, 0.15) is 0 Å². The molecule has 0 N–H and O–H groups in total. The molecule has 0 bridgehead atoms. The number of nitro benzene ring substituents is 1. The van der Waals surface area contributed by atoms with Crippen LogP contribution in [0.2, 0.25) is 0 Å². The highest BCUT2D eigenvalue weighted by Crippen LogP contribution is 2.31. The Kier molecular flexibility index (Phi) is 3.61. The molecule has 1 aliphatic heterocycles. The second-order valence-electron chi connectivity index (χ2n) is 5.89. The molecule has 0 atom stereocenters. The van der Waals surface area contributed by atoms with Crippen LogP contribution in [-0.2, 0) is 0 Å². The Balaban J connectivity index is 1.62. The van der Waals surface area contributed by atoms with E-state index in [0.29, 0.717) is 6.04 Å². The Morgan fingerprint density at radius 2 is 1.85 bits per heavy atom. The van der Waals surface area contributed by atoms with Crippen LogP contribution >= 0.6 is 0 Å². The second-order valence-corrected chi connectivity index (χ2v) is 5.89. The minimum absolute atomic E-state index is 0.180. The third-order valence-corrected chi connectivity index (χ3v) is 4.57. The summed E-state index contributed by atoms with van der Waals surface area (Å²) >= 11 is 0. The fourth-order valence-corrected chi connectivity index (χ4v) is 3.11. The SMILES string of the molecule is CN(C1CC1)C1CCN(c2cccc([N+](=O)[O-])c2)CC1. The number of piperidine rings is 1. The maximum absolute atomic E-state index is 10.8. The van der Waals surface area contributed by atoms with E-state index in [4.69, 9.17) is 0 Å². The summed E-state index contributed by atoms with van der Waals surface area (Å²) in [6.45, 7) is 1.98. The molecule has 1 saturated carbocycles. The molecule has 1 aromatic rings. The molecule has 1 aliphatic carbocycles. The Morgan fingerprint density at radius 3 is 2.45 bits per heavy atom. The molecule has 5 nitrogen and oxygen atoms in total. The van der Waals surface area contributed by atoms with Crippen molar-refractivity contribution in [3.05, 3.63) is 34.4 Å². The van der Waals surface area contributed by atoms with Gasteiger partial charge >= 0.3 is 0 Å². The molecular formula is C15H21N3O2. The number of rotatable bonds is 4. The maximum Gasteiger partial charge on any atom is 0.271 e. The predicted octanol–water partition coefficient (Wildman–Crippen LogP) is 2.66. The van der Waals surface area contributed by atoms with Crippen LogP contribution in [0.5, 0.6) is 0 Å². The largest absolute Gasteiger partial charge is 0.371 e. The molecule has 2 aliphatic rings. The Morgan fingerprint density at radius 1 is 1.20 bits per heavy atom. The minimum atomic E-state index is -0.322. The molecule has 0 spiro atoms. The van der Waals surface area contributed by atoms with E-state index in [2.05, 4.69) is 16.8 Å². The highest BCUT2D eigenvalue weighted by atomic mass is 16.6. The Bertz CT molecular complexity index is 494. The summed E-state index contributed by atoms with van der Waals surface area (Å²) in [6, 6.07) is 8.47. The van der Waals surface area contributed by atoms with E-state index in [9.17, 15) is 10.1 Å². The number of nitrogens with zero attached hydrogens (tertiary/aromatic N) is 3. The molecule has 1 heterocycles. The van der Waals surface area contributed by atoms with Crippen molar-refractivity contribution in [2.45, 2.75) is 37.8 Å². The Labute approximate surface area is 119 Å². The van der Waals surface area contributed by atoms with E-state index in [0.717, 1.165) is 37.7 Å². The first-order chi connectivity index (χ1) is 9.65. The summed E-state index contributed by atoms with van der Waals surface area (Å²) in [5.74, 6) is 0. The normalized spacial score (nSPS) is 20.4. The van der Waals surface area contributed by atoms with E-state index in [1.54, 1.807) is 18.2 Å². The molecule has 1 saturated heterocycles. The van der Waals surface area contributed by atoms with Gasteiger partial charge < -0.3 is 9.80 Å². The first-order valence-corrected chi connectivity index (χ1v) is 7.36. The van der Waals surface area contributed by atoms with Crippen molar-refractivity contribution >= 4 is 11.4 Å². The highest BCUT2D eigenvalue weighted by Gasteiger charge is 2.32. The number of benzene rings is 1. The maximum atomic E-state index is 10.8. The van der Waals surface area contributed by atoms with Crippen LogP contribution < -0.4 is 4.90 Å². The lowest BCUT2D eigenvalue weighted by atomic mass is 10.0. The zero-order valence-electron chi connectivity index (χ0n) is 11.9. The highest BCUT2D eigenvalue weighted by molar-refractivity contribution is 5.53. The second kappa shape index (κ2) is 5.40. The van der Waals surface area contributed by atoms with Gasteiger partial charge in [-0.15, -0.1) is 0 Å². The van der Waals surface area contributed by atoms with Gasteiger partial charge in [-0.05, 0) is 38.8 Å². The van der Waals surface area contributed by atoms with E-state index in [-0.39, 0.29) is 10.6 Å². The average molecular weight is 275 g/mol. The Hall–Kier alpha value is -1.62. The predicted molar refractivity (Wildman–Crippen MR) is 79.1 cm³/mol. The third-order valence-electron chi connectivity index (χ3n) is 4.57. The van der Waals surface area contributed by atoms with Crippen molar-refractivity contribution in [3.63, 3.8) is 0 Å². The summed E-state index contributed by atoms with van der Waals surface area (Å²) in [6.07, 6.45) is 4.99. The first-order valence-electron chi connectivity index (χ1n) is 7.36. The monoisotopic (exact) mass is 275 g/mol. The van der Waals surface area contributed by atoms with Crippen LogP contribution in [0.25, 0.3) is 0 Å². The van der Waals surface area contributed by atoms with Crippen molar-refractivity contribution in [1.29, 1.82) is 0 Å². The van der Waals surface area contributed by atoms with Gasteiger partial charge in [-0.1, -0.05) is 6.07 Å². The molecule has 5 heteroatoms. The summed E-state index contributed by atoms with van der Waals surface area (Å²) in [4.78, 5) is 15.3. The smallest absolute Gasteiger partial charge is 0.271 e. The van der Waals surface area contributed by atoms with Gasteiger partial charge in [-0.3, -0.25) is 10.1 Å². The fourth-order valence-electron chi connectivity index (χ4n) is 3.11. The number of hydrogen-bond donors (Lipinski definition) is 0. The van der Waals surface area contributed by atoms with E-state index in [1.807, 2.05) is 6.07 Å². The molecule has 0 radical (unpaired) electrons. The molecule has 108 valence electrons. The molecule has 0 aromatic heterocycles. The van der Waals surface area contributed by atoms with Crippen molar-refractivity contribution in [2.24, 2.45) is 0 Å². The van der Waals surface area contributed by atoms with Crippen LogP contribution in [0.15, 0.2) is 24.3 Å². The van der Waals surface area contributed by atoms with Crippen LogP contribution in [0, 0.1) is 10.1 Å². The molecule has 20 heavy (non-hydrogen) atoms. The fraction of sp³-hybridized carbons (Fsp3) is 0.600. The van der Waals surface area contributed by atoms with Gasteiger partial charge in [0.25, 0.3) is 5.69 Å². The van der Waals surface area contributed by atoms with Crippen LogP contribution in [0.4, 0.5) is 11.4 Å². The van der Waals surface area contributed by atoms with Gasteiger partial charge in [0.05, 0.1) is 4.92 Å². The summed E-state index contributed by atoms with van der Waals surface area (Å²) in [5, 5.41) is 10.8. The van der Waals surface area contributed by atoms with Gasteiger partial charge in [0.15, 0.2) is 0 Å². The van der Waals surface area contributed by atoms with Crippen molar-refractivity contribution < 1.29 is 4.92 Å². The van der Waals surface area contributed by atoms with Gasteiger partial charge in [-0.2, -0.15) is 0 Å². The standard InChI is InChI=1S/C15H21N3O2/c1-16(12-5-6-12)13-7-9-17(10-8-13)14-3-2-4-15(11-14)18(19)20/h2-4,11-13H,5-10H2,1H3. The quantitative estimate of drug-likeness (QED) is 0.626. The molecule has 0 unspecified atom stereocenters. The lowest BCUT2D eigenvalue weighted by Gasteiger charge is -2.38. The van der Waals surface area contributed by atoms with E-state index >= 15 is 0 Å². The number of nitro groups is 1. The van der Waals surface area contributed by atoms with Gasteiger partial charge in [0.2, 0.25) is 0 Å². The van der Waals surface area contributed by atoms with Crippen LogP contribution in [0.1, 0.15) is 25.7 Å². The molecule has 3 rings (SSSR count). The van der Waals surface area contributed by atoms with E-state index < -0.39 is 0 Å². The molecular weight excluding hydrogens is 254 g/mol. The van der Waals surface area contributed by atoms with Gasteiger partial charge in [0, 0.05) is 43.0 Å². The van der Waals surface area contributed by atoms with Crippen LogP contribution in [0.3, 0.4) is 0 Å². The molecule has 0 amide bonds. The minimum Gasteiger partial charge on any atom is -0.371 e. The van der Waals surface area contributed by atoms with Crippen molar-refractivity contribution in [3.8, 4) is 0 Å². The molecule has 1 aromatic carbocycles.